The first-order chi connectivity index (χ1) is 12.5. The van der Waals surface area contributed by atoms with Gasteiger partial charge in [0.25, 0.3) is 0 Å². The number of rotatable bonds is 8. The predicted molar refractivity (Wildman–Crippen MR) is 104 cm³/mol. The summed E-state index contributed by atoms with van der Waals surface area (Å²) in [6.07, 6.45) is 3.70. The molecule has 1 atom stereocenters. The van der Waals surface area contributed by atoms with Crippen LogP contribution in [0.5, 0.6) is 0 Å². The molecule has 3 rings (SSSR count). The zero-order valence-corrected chi connectivity index (χ0v) is 15.9. The number of benzene rings is 1. The minimum absolute atomic E-state index is 0.0600. The standard InChI is InChI=1S/C20H24N2O3S/c1-14-5-3-6-16(11-14)21-19(23)12-26-13-20(24)22(17-8-9-17)15(2)18-7-4-10-25-18/h3-7,10-11,15,17H,8-9,12-13H2,1-2H3,(H,21,23). The van der Waals surface area contributed by atoms with E-state index in [-0.39, 0.29) is 23.6 Å². The van der Waals surface area contributed by atoms with Crippen LogP contribution < -0.4 is 5.32 Å². The van der Waals surface area contributed by atoms with E-state index in [4.69, 9.17) is 4.42 Å². The van der Waals surface area contributed by atoms with Gasteiger partial charge in [-0.15, -0.1) is 11.8 Å². The molecule has 1 heterocycles. The number of amides is 2. The fraction of sp³-hybridized carbons (Fsp3) is 0.400. The van der Waals surface area contributed by atoms with Gasteiger partial charge in [-0.25, -0.2) is 0 Å². The van der Waals surface area contributed by atoms with Gasteiger partial charge in [0.2, 0.25) is 11.8 Å². The van der Waals surface area contributed by atoms with E-state index in [1.165, 1.54) is 11.8 Å². The molecule has 1 aliphatic rings. The summed E-state index contributed by atoms with van der Waals surface area (Å²) in [5.41, 5.74) is 1.88. The van der Waals surface area contributed by atoms with E-state index < -0.39 is 0 Å². The summed E-state index contributed by atoms with van der Waals surface area (Å²) in [6, 6.07) is 11.6. The minimum atomic E-state index is -0.0922. The zero-order valence-electron chi connectivity index (χ0n) is 15.1. The summed E-state index contributed by atoms with van der Waals surface area (Å²) < 4.78 is 5.46. The maximum Gasteiger partial charge on any atom is 0.234 e. The van der Waals surface area contributed by atoms with Crippen LogP contribution in [-0.2, 0) is 9.59 Å². The number of aryl methyl sites for hydroxylation is 1. The number of thioether (sulfide) groups is 1. The molecular formula is C20H24N2O3S. The van der Waals surface area contributed by atoms with Gasteiger partial charge in [-0.3, -0.25) is 9.59 Å². The van der Waals surface area contributed by atoms with E-state index in [9.17, 15) is 9.59 Å². The highest BCUT2D eigenvalue weighted by atomic mass is 32.2. The lowest BCUT2D eigenvalue weighted by Crippen LogP contribution is -2.36. The second kappa shape index (κ2) is 8.45. The van der Waals surface area contributed by atoms with Crippen LogP contribution in [0, 0.1) is 6.92 Å². The quantitative estimate of drug-likeness (QED) is 0.760. The Bertz CT molecular complexity index is 756. The van der Waals surface area contributed by atoms with Crippen molar-refractivity contribution in [2.24, 2.45) is 0 Å². The Morgan fingerprint density at radius 1 is 1.27 bits per heavy atom. The van der Waals surface area contributed by atoms with Crippen LogP contribution in [0.4, 0.5) is 5.69 Å². The van der Waals surface area contributed by atoms with Gasteiger partial charge < -0.3 is 14.6 Å². The fourth-order valence-electron chi connectivity index (χ4n) is 2.98. The number of nitrogens with one attached hydrogen (secondary N) is 1. The maximum absolute atomic E-state index is 12.7. The van der Waals surface area contributed by atoms with Crippen molar-refractivity contribution in [2.45, 2.75) is 38.8 Å². The SMILES string of the molecule is Cc1cccc(NC(=O)CSCC(=O)N(C2CC2)C(C)c2ccco2)c1. The summed E-state index contributed by atoms with van der Waals surface area (Å²) in [7, 11) is 0. The van der Waals surface area contributed by atoms with Gasteiger partial charge in [0.15, 0.2) is 0 Å². The molecule has 2 amide bonds. The molecule has 26 heavy (non-hydrogen) atoms. The lowest BCUT2D eigenvalue weighted by atomic mass is 10.2. The first-order valence-electron chi connectivity index (χ1n) is 8.83. The molecule has 2 aromatic rings. The van der Waals surface area contributed by atoms with E-state index in [1.807, 2.05) is 55.1 Å². The molecule has 1 unspecified atom stereocenters. The highest BCUT2D eigenvalue weighted by Crippen LogP contribution is 2.35. The van der Waals surface area contributed by atoms with Crippen molar-refractivity contribution in [3.63, 3.8) is 0 Å². The first-order valence-corrected chi connectivity index (χ1v) is 9.99. The number of hydrogen-bond donors (Lipinski definition) is 1. The monoisotopic (exact) mass is 372 g/mol. The second-order valence-corrected chi connectivity index (χ2v) is 7.62. The summed E-state index contributed by atoms with van der Waals surface area (Å²) in [5.74, 6) is 1.32. The van der Waals surface area contributed by atoms with E-state index in [0.717, 1.165) is 29.9 Å². The Labute approximate surface area is 158 Å². The maximum atomic E-state index is 12.7. The molecular weight excluding hydrogens is 348 g/mol. The Morgan fingerprint density at radius 2 is 2.08 bits per heavy atom. The molecule has 5 nitrogen and oxygen atoms in total. The number of nitrogens with zero attached hydrogens (tertiary/aromatic N) is 1. The number of carbonyl (C=O) groups excluding carboxylic acids is 2. The fourth-order valence-corrected chi connectivity index (χ4v) is 3.66. The van der Waals surface area contributed by atoms with Crippen LogP contribution in [0.15, 0.2) is 47.1 Å². The van der Waals surface area contributed by atoms with Crippen molar-refractivity contribution in [3.05, 3.63) is 54.0 Å². The highest BCUT2D eigenvalue weighted by Gasteiger charge is 2.36. The van der Waals surface area contributed by atoms with Gasteiger partial charge in [0.05, 0.1) is 23.8 Å². The van der Waals surface area contributed by atoms with Crippen LogP contribution >= 0.6 is 11.8 Å². The molecule has 1 fully saturated rings. The van der Waals surface area contributed by atoms with Crippen LogP contribution in [0.2, 0.25) is 0 Å². The normalized spacial score (nSPS) is 14.7. The molecule has 0 radical (unpaired) electrons. The summed E-state index contributed by atoms with van der Waals surface area (Å²) in [6.45, 7) is 3.97. The van der Waals surface area contributed by atoms with E-state index in [2.05, 4.69) is 5.32 Å². The van der Waals surface area contributed by atoms with E-state index in [0.29, 0.717) is 11.8 Å². The molecule has 1 N–H and O–H groups in total. The average Bonchev–Trinajstić information content (AvgIpc) is 3.26. The van der Waals surface area contributed by atoms with Gasteiger partial charge in [0.1, 0.15) is 5.76 Å². The Kier molecular flexibility index (Phi) is 6.04. The Hall–Kier alpha value is -2.21. The van der Waals surface area contributed by atoms with Crippen molar-refractivity contribution in [3.8, 4) is 0 Å². The van der Waals surface area contributed by atoms with Gasteiger partial charge in [0, 0.05) is 11.7 Å². The van der Waals surface area contributed by atoms with Crippen LogP contribution in [0.3, 0.4) is 0 Å². The molecule has 0 bridgehead atoms. The van der Waals surface area contributed by atoms with Crippen molar-refractivity contribution < 1.29 is 14.0 Å². The smallest absolute Gasteiger partial charge is 0.234 e. The number of furan rings is 1. The topological polar surface area (TPSA) is 62.6 Å². The second-order valence-electron chi connectivity index (χ2n) is 6.63. The summed E-state index contributed by atoms with van der Waals surface area (Å²) in [5, 5.41) is 2.87. The molecule has 6 heteroatoms. The third-order valence-electron chi connectivity index (χ3n) is 4.36. The Balaban J connectivity index is 1.48. The lowest BCUT2D eigenvalue weighted by molar-refractivity contribution is -0.131. The molecule has 0 aliphatic heterocycles. The minimum Gasteiger partial charge on any atom is -0.467 e. The number of carbonyl (C=O) groups is 2. The van der Waals surface area contributed by atoms with Gasteiger partial charge >= 0.3 is 0 Å². The summed E-state index contributed by atoms with van der Waals surface area (Å²) >= 11 is 1.35. The predicted octanol–water partition coefficient (Wildman–Crippen LogP) is 4.01. The van der Waals surface area contributed by atoms with Crippen LogP contribution in [-0.4, -0.2) is 34.3 Å². The molecule has 0 saturated heterocycles. The number of anilines is 1. The lowest BCUT2D eigenvalue weighted by Gasteiger charge is -2.28. The largest absolute Gasteiger partial charge is 0.467 e. The van der Waals surface area contributed by atoms with Crippen LogP contribution in [0.1, 0.15) is 37.1 Å². The van der Waals surface area contributed by atoms with Crippen molar-refractivity contribution in [1.82, 2.24) is 4.90 Å². The summed E-state index contributed by atoms with van der Waals surface area (Å²) in [4.78, 5) is 26.7. The number of hydrogen-bond acceptors (Lipinski definition) is 4. The van der Waals surface area contributed by atoms with Gasteiger partial charge in [-0.1, -0.05) is 12.1 Å². The van der Waals surface area contributed by atoms with Crippen molar-refractivity contribution in [2.75, 3.05) is 16.8 Å². The molecule has 0 spiro atoms. The van der Waals surface area contributed by atoms with Crippen molar-refractivity contribution >= 4 is 29.3 Å². The average molecular weight is 372 g/mol. The molecule has 138 valence electrons. The molecule has 1 aliphatic carbocycles. The van der Waals surface area contributed by atoms with Crippen molar-refractivity contribution in [1.29, 1.82) is 0 Å². The highest BCUT2D eigenvalue weighted by molar-refractivity contribution is 8.00. The molecule has 1 aromatic carbocycles. The first kappa shape index (κ1) is 18.6. The third kappa shape index (κ3) is 4.91. The van der Waals surface area contributed by atoms with E-state index in [1.54, 1.807) is 6.26 Å². The van der Waals surface area contributed by atoms with Gasteiger partial charge in [-0.2, -0.15) is 0 Å². The molecule has 1 aromatic heterocycles. The third-order valence-corrected chi connectivity index (χ3v) is 5.28. The molecule has 1 saturated carbocycles. The Morgan fingerprint density at radius 3 is 2.73 bits per heavy atom. The van der Waals surface area contributed by atoms with Crippen LogP contribution in [0.25, 0.3) is 0 Å². The van der Waals surface area contributed by atoms with Gasteiger partial charge in [-0.05, 0) is 56.5 Å². The zero-order chi connectivity index (χ0) is 18.5. The van der Waals surface area contributed by atoms with E-state index >= 15 is 0 Å².